The minimum absolute atomic E-state index is 0.0400. The number of nitrogens with zero attached hydrogens (tertiary/aromatic N) is 2. The fourth-order valence-electron chi connectivity index (χ4n) is 5.45. The summed E-state index contributed by atoms with van der Waals surface area (Å²) < 4.78 is 13.6. The first-order valence-corrected chi connectivity index (χ1v) is 12.3. The second kappa shape index (κ2) is 9.53. The fraction of sp³-hybridized carbons (Fsp3) is 0.429. The average molecular weight is 461 g/mol. The smallest absolute Gasteiger partial charge is 0.312 e. The van der Waals surface area contributed by atoms with Crippen molar-refractivity contribution < 1.29 is 19.1 Å². The van der Waals surface area contributed by atoms with Crippen molar-refractivity contribution in [1.29, 1.82) is 0 Å². The Morgan fingerprint density at radius 3 is 2.50 bits per heavy atom. The molecule has 6 heteroatoms. The number of rotatable bonds is 1. The summed E-state index contributed by atoms with van der Waals surface area (Å²) in [6.45, 7) is 1.73. The van der Waals surface area contributed by atoms with Crippen LogP contribution in [0.2, 0.25) is 0 Å². The third kappa shape index (κ3) is 4.29. The van der Waals surface area contributed by atoms with E-state index in [9.17, 15) is 9.59 Å². The molecule has 34 heavy (non-hydrogen) atoms. The van der Waals surface area contributed by atoms with Crippen LogP contribution in [0.5, 0.6) is 5.75 Å². The quantitative estimate of drug-likeness (QED) is 0.492. The zero-order chi connectivity index (χ0) is 23.5. The van der Waals surface area contributed by atoms with Gasteiger partial charge in [0.05, 0.1) is 11.0 Å². The van der Waals surface area contributed by atoms with Gasteiger partial charge in [-0.15, -0.1) is 0 Å². The summed E-state index contributed by atoms with van der Waals surface area (Å²) in [5, 5.41) is 0.973. The van der Waals surface area contributed by atoms with Gasteiger partial charge < -0.3 is 18.9 Å². The van der Waals surface area contributed by atoms with E-state index in [1.165, 1.54) is 5.56 Å². The van der Waals surface area contributed by atoms with Gasteiger partial charge in [0.1, 0.15) is 19.0 Å². The van der Waals surface area contributed by atoms with Gasteiger partial charge in [0, 0.05) is 37.2 Å². The Kier molecular flexibility index (Phi) is 6.31. The fourth-order valence-corrected chi connectivity index (χ4v) is 5.45. The maximum Gasteiger partial charge on any atom is 0.312 e. The molecule has 2 aliphatic rings. The van der Waals surface area contributed by atoms with Gasteiger partial charge in [-0.3, -0.25) is 9.59 Å². The van der Waals surface area contributed by atoms with Crippen LogP contribution >= 0.6 is 0 Å². The number of para-hydroxylation sites is 2. The third-order valence-electron chi connectivity index (χ3n) is 7.47. The summed E-state index contributed by atoms with van der Waals surface area (Å²) in [5.74, 6) is 0.787. The molecule has 3 aromatic rings. The highest BCUT2D eigenvalue weighted by molar-refractivity contribution is 6.07. The molecule has 0 radical (unpaired) electrons. The van der Waals surface area contributed by atoms with Crippen LogP contribution in [0.4, 0.5) is 0 Å². The van der Waals surface area contributed by atoms with Crippen molar-refractivity contribution in [1.82, 2.24) is 9.47 Å². The Morgan fingerprint density at radius 1 is 0.912 bits per heavy atom. The van der Waals surface area contributed by atoms with Crippen molar-refractivity contribution in [2.75, 3.05) is 26.3 Å². The van der Waals surface area contributed by atoms with E-state index in [1.54, 1.807) is 0 Å². The minimum atomic E-state index is -0.520. The molecule has 0 N–H and O–H groups in total. The van der Waals surface area contributed by atoms with Crippen LogP contribution in [0, 0.1) is 5.41 Å². The lowest BCUT2D eigenvalue weighted by atomic mass is 9.74. The molecule has 0 atom stereocenters. The maximum atomic E-state index is 13.4. The number of hydrogen-bond acceptors (Lipinski definition) is 4. The van der Waals surface area contributed by atoms with Gasteiger partial charge in [0.2, 0.25) is 0 Å². The van der Waals surface area contributed by atoms with E-state index in [2.05, 4.69) is 6.07 Å². The molecule has 1 spiro atoms. The van der Waals surface area contributed by atoms with Crippen LogP contribution in [0.25, 0.3) is 10.9 Å². The van der Waals surface area contributed by atoms with Crippen LogP contribution < -0.4 is 4.74 Å². The molecule has 5 rings (SSSR count). The summed E-state index contributed by atoms with van der Waals surface area (Å²) in [4.78, 5) is 28.5. The minimum Gasteiger partial charge on any atom is -0.490 e. The maximum absolute atomic E-state index is 13.4. The first-order chi connectivity index (χ1) is 16.6. The molecule has 0 aliphatic carbocycles. The van der Waals surface area contributed by atoms with E-state index >= 15 is 0 Å². The van der Waals surface area contributed by atoms with Crippen molar-refractivity contribution in [3.8, 4) is 5.75 Å². The number of aryl methyl sites for hydroxylation is 2. The number of carbonyl (C=O) groups is 2. The van der Waals surface area contributed by atoms with Gasteiger partial charge in [-0.1, -0.05) is 42.8 Å². The van der Waals surface area contributed by atoms with Crippen molar-refractivity contribution in [2.45, 2.75) is 38.5 Å². The summed E-state index contributed by atoms with van der Waals surface area (Å²) in [6, 6.07) is 16.1. The van der Waals surface area contributed by atoms with Crippen molar-refractivity contribution in [2.24, 2.45) is 12.5 Å². The Morgan fingerprint density at radius 2 is 1.65 bits per heavy atom. The number of amides is 1. The monoisotopic (exact) mass is 460 g/mol. The Balaban J connectivity index is 1.28. The number of likely N-dealkylation sites (tertiary alicyclic amines) is 1. The van der Waals surface area contributed by atoms with Crippen LogP contribution in [0.1, 0.15) is 48.0 Å². The molecule has 1 aromatic heterocycles. The third-order valence-corrected chi connectivity index (χ3v) is 7.47. The van der Waals surface area contributed by atoms with Gasteiger partial charge >= 0.3 is 5.97 Å². The molecule has 0 unspecified atom stereocenters. The van der Waals surface area contributed by atoms with Crippen LogP contribution in [-0.4, -0.2) is 47.6 Å². The van der Waals surface area contributed by atoms with Gasteiger partial charge in [-0.25, -0.2) is 0 Å². The highest BCUT2D eigenvalue weighted by Gasteiger charge is 2.43. The molecule has 0 bridgehead atoms. The van der Waals surface area contributed by atoms with Gasteiger partial charge in [0.25, 0.3) is 5.91 Å². The molecule has 1 saturated heterocycles. The Bertz CT molecular complexity index is 1190. The molecule has 1 amide bonds. The van der Waals surface area contributed by atoms with Crippen molar-refractivity contribution in [3.05, 3.63) is 65.9 Å². The lowest BCUT2D eigenvalue weighted by Crippen LogP contribution is -2.47. The molecule has 6 nitrogen and oxygen atoms in total. The predicted molar refractivity (Wildman–Crippen MR) is 131 cm³/mol. The lowest BCUT2D eigenvalue weighted by molar-refractivity contribution is -0.160. The lowest BCUT2D eigenvalue weighted by Gasteiger charge is -2.40. The van der Waals surface area contributed by atoms with Crippen molar-refractivity contribution in [3.63, 3.8) is 0 Å². The van der Waals surface area contributed by atoms with E-state index in [0.29, 0.717) is 32.5 Å². The number of aromatic nitrogens is 1. The number of hydrogen-bond donors (Lipinski definition) is 0. The predicted octanol–water partition coefficient (Wildman–Crippen LogP) is 4.75. The molecule has 0 saturated carbocycles. The number of cyclic esters (lactones) is 1. The highest BCUT2D eigenvalue weighted by atomic mass is 16.6. The van der Waals surface area contributed by atoms with E-state index in [1.807, 2.05) is 65.2 Å². The standard InChI is InChI=1S/C28H32N2O4/c1-29-20-23(22-10-3-4-11-24(22)29)26(31)30-16-14-28(15-17-30)13-7-6-9-21-8-2-5-12-25(21)33-18-19-34-27(28)32/h2-5,8,10-12,20H,6-7,9,13-19H2,1H3. The number of ether oxygens (including phenoxy) is 2. The van der Waals surface area contributed by atoms with Crippen LogP contribution in [-0.2, 0) is 23.0 Å². The molecular weight excluding hydrogens is 428 g/mol. The second-order valence-corrected chi connectivity index (χ2v) is 9.54. The largest absolute Gasteiger partial charge is 0.490 e. The number of piperidine rings is 1. The highest BCUT2D eigenvalue weighted by Crippen LogP contribution is 2.39. The second-order valence-electron chi connectivity index (χ2n) is 9.54. The first kappa shape index (κ1) is 22.5. The van der Waals surface area contributed by atoms with E-state index in [-0.39, 0.29) is 18.5 Å². The summed E-state index contributed by atoms with van der Waals surface area (Å²) in [7, 11) is 1.97. The van der Waals surface area contributed by atoms with Crippen LogP contribution in [0.3, 0.4) is 0 Å². The first-order valence-electron chi connectivity index (χ1n) is 12.3. The van der Waals surface area contributed by atoms with E-state index in [0.717, 1.165) is 47.9 Å². The molecule has 1 fully saturated rings. The molecule has 2 aliphatic heterocycles. The van der Waals surface area contributed by atoms with Gasteiger partial charge in [0.15, 0.2) is 0 Å². The van der Waals surface area contributed by atoms with Gasteiger partial charge in [-0.05, 0) is 49.8 Å². The molecule has 2 aromatic carbocycles. The average Bonchev–Trinajstić information content (AvgIpc) is 3.21. The summed E-state index contributed by atoms with van der Waals surface area (Å²) in [5.41, 5.74) is 2.46. The van der Waals surface area contributed by atoms with Crippen LogP contribution in [0.15, 0.2) is 54.7 Å². The number of benzene rings is 2. The zero-order valence-electron chi connectivity index (χ0n) is 19.8. The molecule has 178 valence electrons. The molecular formula is C28H32N2O4. The van der Waals surface area contributed by atoms with E-state index in [4.69, 9.17) is 9.47 Å². The zero-order valence-corrected chi connectivity index (χ0v) is 19.8. The van der Waals surface area contributed by atoms with Gasteiger partial charge in [-0.2, -0.15) is 0 Å². The number of esters is 1. The topological polar surface area (TPSA) is 60.8 Å². The number of carbonyl (C=O) groups excluding carboxylic acids is 2. The Hall–Kier alpha value is -3.28. The SMILES string of the molecule is Cn1cc(C(=O)N2CCC3(CCCCc4ccccc4OCCOC3=O)CC2)c2ccccc21. The molecule has 3 heterocycles. The summed E-state index contributed by atoms with van der Waals surface area (Å²) >= 11 is 0. The van der Waals surface area contributed by atoms with E-state index < -0.39 is 5.41 Å². The Labute approximate surface area is 200 Å². The number of fused-ring (bicyclic) bond motifs is 2. The summed E-state index contributed by atoms with van der Waals surface area (Å²) in [6.07, 6.45) is 6.87. The normalized spacial score (nSPS) is 19.0. The van der Waals surface area contributed by atoms with Crippen molar-refractivity contribution >= 4 is 22.8 Å².